The van der Waals surface area contributed by atoms with Crippen molar-refractivity contribution in [2.45, 2.75) is 6.54 Å². The molecule has 0 aliphatic rings. The van der Waals surface area contributed by atoms with E-state index in [1.807, 2.05) is 30.3 Å². The summed E-state index contributed by atoms with van der Waals surface area (Å²) in [5.41, 5.74) is 1.29. The number of nitro groups is 1. The Hall–Kier alpha value is -2.89. The number of anilines is 1. The molecule has 0 saturated carbocycles. The molecular formula is C14H13N3O3. The van der Waals surface area contributed by atoms with Crippen LogP contribution in [0.5, 0.6) is 0 Å². The third-order valence-corrected chi connectivity index (χ3v) is 2.61. The number of carbonyl (C=O) groups excluding carboxylic acids is 1. The average Bonchev–Trinajstić information content (AvgIpc) is 2.46. The van der Waals surface area contributed by atoms with Crippen LogP contribution in [-0.2, 0) is 6.54 Å². The first-order valence-electron chi connectivity index (χ1n) is 5.98. The summed E-state index contributed by atoms with van der Waals surface area (Å²) in [6, 6.07) is 14.8. The number of hydrogen-bond acceptors (Lipinski definition) is 3. The normalized spacial score (nSPS) is 9.80. The molecule has 2 N–H and O–H groups in total. The number of nitrogens with zero attached hydrogens (tertiary/aromatic N) is 1. The average molecular weight is 271 g/mol. The minimum absolute atomic E-state index is 0.0640. The van der Waals surface area contributed by atoms with Crippen molar-refractivity contribution in [2.75, 3.05) is 5.32 Å². The van der Waals surface area contributed by atoms with Gasteiger partial charge < -0.3 is 10.6 Å². The second-order valence-corrected chi connectivity index (χ2v) is 4.10. The number of benzene rings is 2. The van der Waals surface area contributed by atoms with Gasteiger partial charge in [-0.3, -0.25) is 10.1 Å². The van der Waals surface area contributed by atoms with Crippen molar-refractivity contribution >= 4 is 17.4 Å². The van der Waals surface area contributed by atoms with Gasteiger partial charge in [-0.2, -0.15) is 0 Å². The number of urea groups is 1. The Morgan fingerprint density at radius 3 is 2.55 bits per heavy atom. The van der Waals surface area contributed by atoms with Crippen LogP contribution in [0, 0.1) is 10.1 Å². The van der Waals surface area contributed by atoms with Crippen molar-refractivity contribution in [3.05, 3.63) is 70.3 Å². The molecule has 0 fully saturated rings. The maximum absolute atomic E-state index is 11.7. The summed E-state index contributed by atoms with van der Waals surface area (Å²) in [6.45, 7) is 0.390. The third kappa shape index (κ3) is 3.81. The van der Waals surface area contributed by atoms with Crippen LogP contribution in [0.1, 0.15) is 5.56 Å². The molecule has 0 bridgehead atoms. The Kier molecular flexibility index (Phi) is 4.28. The molecule has 2 aromatic carbocycles. The van der Waals surface area contributed by atoms with Crippen LogP contribution in [0.2, 0.25) is 0 Å². The predicted octanol–water partition coefficient (Wildman–Crippen LogP) is 2.92. The lowest BCUT2D eigenvalue weighted by molar-refractivity contribution is -0.384. The summed E-state index contributed by atoms with van der Waals surface area (Å²) in [5.74, 6) is 0. The SMILES string of the molecule is O=C(NCc1ccccc1)Nc1cccc([N+](=O)[O-])c1. The predicted molar refractivity (Wildman–Crippen MR) is 75.4 cm³/mol. The highest BCUT2D eigenvalue weighted by molar-refractivity contribution is 5.89. The quantitative estimate of drug-likeness (QED) is 0.662. The van der Waals surface area contributed by atoms with Gasteiger partial charge in [0.05, 0.1) is 4.92 Å². The van der Waals surface area contributed by atoms with Gasteiger partial charge in [0.25, 0.3) is 5.69 Å². The van der Waals surface area contributed by atoms with Crippen LogP contribution in [0.4, 0.5) is 16.2 Å². The Labute approximate surface area is 115 Å². The van der Waals surface area contributed by atoms with E-state index >= 15 is 0 Å². The van der Waals surface area contributed by atoms with E-state index in [2.05, 4.69) is 10.6 Å². The Bertz CT molecular complexity index is 614. The molecule has 0 atom stereocenters. The molecule has 0 saturated heterocycles. The minimum Gasteiger partial charge on any atom is -0.334 e. The van der Waals surface area contributed by atoms with Gasteiger partial charge in [-0.1, -0.05) is 36.4 Å². The molecule has 0 aliphatic carbocycles. The fraction of sp³-hybridized carbons (Fsp3) is 0.0714. The van der Waals surface area contributed by atoms with Crippen LogP contribution in [0.3, 0.4) is 0 Å². The van der Waals surface area contributed by atoms with E-state index in [4.69, 9.17) is 0 Å². The zero-order valence-electron chi connectivity index (χ0n) is 10.6. The summed E-state index contributed by atoms with van der Waals surface area (Å²) < 4.78 is 0. The highest BCUT2D eigenvalue weighted by Gasteiger charge is 2.07. The first-order valence-corrected chi connectivity index (χ1v) is 5.98. The van der Waals surface area contributed by atoms with Crippen LogP contribution in [0.15, 0.2) is 54.6 Å². The lowest BCUT2D eigenvalue weighted by Crippen LogP contribution is -2.28. The fourth-order valence-electron chi connectivity index (χ4n) is 1.65. The van der Waals surface area contributed by atoms with E-state index in [0.717, 1.165) is 5.56 Å². The van der Waals surface area contributed by atoms with E-state index in [1.54, 1.807) is 6.07 Å². The van der Waals surface area contributed by atoms with Crippen LogP contribution in [0.25, 0.3) is 0 Å². The van der Waals surface area contributed by atoms with Gasteiger partial charge in [0.15, 0.2) is 0 Å². The van der Waals surface area contributed by atoms with Gasteiger partial charge >= 0.3 is 6.03 Å². The van der Waals surface area contributed by atoms with Gasteiger partial charge in [-0.25, -0.2) is 4.79 Å². The number of rotatable bonds is 4. The molecule has 0 heterocycles. The van der Waals surface area contributed by atoms with Crippen molar-refractivity contribution in [1.82, 2.24) is 5.32 Å². The Morgan fingerprint density at radius 2 is 1.85 bits per heavy atom. The van der Waals surface area contributed by atoms with Gasteiger partial charge in [0, 0.05) is 24.4 Å². The van der Waals surface area contributed by atoms with Crippen molar-refractivity contribution in [1.29, 1.82) is 0 Å². The van der Waals surface area contributed by atoms with Crippen LogP contribution >= 0.6 is 0 Å². The van der Waals surface area contributed by atoms with Crippen LogP contribution in [-0.4, -0.2) is 11.0 Å². The van der Waals surface area contributed by atoms with Gasteiger partial charge in [0.1, 0.15) is 0 Å². The molecule has 0 spiro atoms. The van der Waals surface area contributed by atoms with Crippen molar-refractivity contribution in [3.63, 3.8) is 0 Å². The van der Waals surface area contributed by atoms with E-state index < -0.39 is 11.0 Å². The molecule has 0 radical (unpaired) electrons. The van der Waals surface area contributed by atoms with Gasteiger partial charge in [-0.15, -0.1) is 0 Å². The zero-order valence-corrected chi connectivity index (χ0v) is 10.6. The minimum atomic E-state index is -0.507. The largest absolute Gasteiger partial charge is 0.334 e. The monoisotopic (exact) mass is 271 g/mol. The number of non-ortho nitro benzene ring substituents is 1. The number of hydrogen-bond donors (Lipinski definition) is 2. The standard InChI is InChI=1S/C14H13N3O3/c18-14(15-10-11-5-2-1-3-6-11)16-12-7-4-8-13(9-12)17(19)20/h1-9H,10H2,(H2,15,16,18). The lowest BCUT2D eigenvalue weighted by atomic mass is 10.2. The summed E-state index contributed by atoms with van der Waals surface area (Å²) in [5, 5.41) is 15.9. The molecule has 6 heteroatoms. The highest BCUT2D eigenvalue weighted by Crippen LogP contribution is 2.16. The number of nitrogens with one attached hydrogen (secondary N) is 2. The highest BCUT2D eigenvalue weighted by atomic mass is 16.6. The summed E-state index contributed by atoms with van der Waals surface area (Å²) in [6.07, 6.45) is 0. The molecule has 2 amide bonds. The maximum atomic E-state index is 11.7. The topological polar surface area (TPSA) is 84.3 Å². The summed E-state index contributed by atoms with van der Waals surface area (Å²) in [4.78, 5) is 21.8. The molecular weight excluding hydrogens is 258 g/mol. The third-order valence-electron chi connectivity index (χ3n) is 2.61. The number of amides is 2. The number of nitro benzene ring substituents is 1. The molecule has 2 aromatic rings. The van der Waals surface area contributed by atoms with E-state index in [9.17, 15) is 14.9 Å². The molecule has 102 valence electrons. The summed E-state index contributed by atoms with van der Waals surface area (Å²) >= 11 is 0. The fourth-order valence-corrected chi connectivity index (χ4v) is 1.65. The first kappa shape index (κ1) is 13.5. The summed E-state index contributed by atoms with van der Waals surface area (Å²) in [7, 11) is 0. The van der Waals surface area contributed by atoms with E-state index in [1.165, 1.54) is 18.2 Å². The Balaban J connectivity index is 1.91. The van der Waals surface area contributed by atoms with Gasteiger partial charge in [0.2, 0.25) is 0 Å². The second kappa shape index (κ2) is 6.33. The number of carbonyl (C=O) groups is 1. The smallest absolute Gasteiger partial charge is 0.319 e. The zero-order chi connectivity index (χ0) is 14.4. The molecule has 0 unspecified atom stereocenters. The molecule has 0 aliphatic heterocycles. The van der Waals surface area contributed by atoms with Crippen molar-refractivity contribution in [3.8, 4) is 0 Å². The maximum Gasteiger partial charge on any atom is 0.319 e. The second-order valence-electron chi connectivity index (χ2n) is 4.10. The van der Waals surface area contributed by atoms with Gasteiger partial charge in [-0.05, 0) is 11.6 Å². The molecule has 2 rings (SSSR count). The van der Waals surface area contributed by atoms with E-state index in [0.29, 0.717) is 12.2 Å². The molecule has 6 nitrogen and oxygen atoms in total. The van der Waals surface area contributed by atoms with E-state index in [-0.39, 0.29) is 5.69 Å². The molecule has 20 heavy (non-hydrogen) atoms. The first-order chi connectivity index (χ1) is 9.65. The Morgan fingerprint density at radius 1 is 1.10 bits per heavy atom. The van der Waals surface area contributed by atoms with Crippen molar-refractivity contribution in [2.24, 2.45) is 0 Å². The van der Waals surface area contributed by atoms with Crippen LogP contribution < -0.4 is 10.6 Å². The molecule has 0 aromatic heterocycles. The lowest BCUT2D eigenvalue weighted by Gasteiger charge is -2.07. The van der Waals surface area contributed by atoms with Crippen molar-refractivity contribution < 1.29 is 9.72 Å².